The Morgan fingerprint density at radius 3 is 2.33 bits per heavy atom. The van der Waals surface area contributed by atoms with Crippen molar-refractivity contribution in [3.05, 3.63) is 29.8 Å². The molecule has 24 heavy (non-hydrogen) atoms. The van der Waals surface area contributed by atoms with Crippen molar-refractivity contribution < 1.29 is 19.1 Å². The Kier molecular flexibility index (Phi) is 10.5. The predicted octanol–water partition coefficient (Wildman–Crippen LogP) is 3.80. The van der Waals surface area contributed by atoms with Gasteiger partial charge in [-0.2, -0.15) is 0 Å². The summed E-state index contributed by atoms with van der Waals surface area (Å²) in [5, 5.41) is 0. The van der Waals surface area contributed by atoms with Crippen LogP contribution in [0.4, 0.5) is 0 Å². The summed E-state index contributed by atoms with van der Waals surface area (Å²) < 4.78 is 9.97. The molecule has 0 aliphatic carbocycles. The van der Waals surface area contributed by atoms with Gasteiger partial charge in [-0.15, -0.1) is 0 Å². The molecular weight excluding hydrogens is 306 g/mol. The highest BCUT2D eigenvalue weighted by Gasteiger charge is 2.32. The summed E-state index contributed by atoms with van der Waals surface area (Å²) in [5.74, 6) is 0.447. The maximum absolute atomic E-state index is 12.3. The second-order valence-electron chi connectivity index (χ2n) is 5.15. The van der Waals surface area contributed by atoms with Crippen LogP contribution < -0.4 is 4.74 Å². The van der Waals surface area contributed by atoms with Gasteiger partial charge in [0.2, 0.25) is 5.91 Å². The van der Waals surface area contributed by atoms with Crippen LogP contribution in [0.15, 0.2) is 24.3 Å². The van der Waals surface area contributed by atoms with Crippen molar-refractivity contribution in [2.24, 2.45) is 0 Å². The lowest BCUT2D eigenvalue weighted by molar-refractivity contribution is -0.153. The predicted molar refractivity (Wildman–Crippen MR) is 95.9 cm³/mol. The molecule has 0 bridgehead atoms. The SMILES string of the molecule is C.CC.COC(=O)[C@H]1CCCCC(=O)N1Cc1ccc(OC)cc1. The summed E-state index contributed by atoms with van der Waals surface area (Å²) in [6, 6.07) is 7.04. The zero-order valence-electron chi connectivity index (χ0n) is 14.5. The molecule has 1 aliphatic rings. The number of carbonyl (C=O) groups is 2. The van der Waals surface area contributed by atoms with E-state index in [1.165, 1.54) is 7.11 Å². The topological polar surface area (TPSA) is 55.8 Å². The number of carbonyl (C=O) groups excluding carboxylic acids is 2. The van der Waals surface area contributed by atoms with Crippen molar-refractivity contribution in [2.45, 2.75) is 59.5 Å². The van der Waals surface area contributed by atoms with Gasteiger partial charge in [-0.25, -0.2) is 4.79 Å². The molecule has 5 nitrogen and oxygen atoms in total. The molecule has 1 amide bonds. The molecule has 1 atom stereocenters. The molecule has 0 unspecified atom stereocenters. The molecule has 1 saturated heterocycles. The average Bonchev–Trinajstić information content (AvgIpc) is 2.79. The van der Waals surface area contributed by atoms with Crippen LogP contribution >= 0.6 is 0 Å². The van der Waals surface area contributed by atoms with Gasteiger partial charge in [-0.1, -0.05) is 39.8 Å². The van der Waals surface area contributed by atoms with Gasteiger partial charge in [-0.3, -0.25) is 4.79 Å². The van der Waals surface area contributed by atoms with Crippen LogP contribution in [-0.4, -0.2) is 37.0 Å². The van der Waals surface area contributed by atoms with Crippen LogP contribution in [0, 0.1) is 0 Å². The molecule has 1 aliphatic heterocycles. The number of benzene rings is 1. The molecule has 136 valence electrons. The van der Waals surface area contributed by atoms with Gasteiger partial charge in [0.1, 0.15) is 11.8 Å². The maximum atomic E-state index is 12.3. The standard InChI is InChI=1S/C16H21NO4.C2H6.CH4/c1-20-13-9-7-12(8-10-13)11-17-14(16(19)21-2)5-3-4-6-15(17)18;1-2;/h7-10,14H,3-6,11H2,1-2H3;1-2H3;1H4/t14-;;/m1../s1. The molecule has 1 heterocycles. The molecule has 0 radical (unpaired) electrons. The third-order valence-corrected chi connectivity index (χ3v) is 3.80. The third kappa shape index (κ3) is 5.87. The van der Waals surface area contributed by atoms with Gasteiger partial charge in [0, 0.05) is 13.0 Å². The van der Waals surface area contributed by atoms with Crippen LogP contribution in [0.3, 0.4) is 0 Å². The van der Waals surface area contributed by atoms with E-state index in [1.807, 2.05) is 38.1 Å². The zero-order chi connectivity index (χ0) is 17.2. The normalized spacial score (nSPS) is 16.9. The average molecular weight is 337 g/mol. The van der Waals surface area contributed by atoms with Crippen LogP contribution in [0.1, 0.15) is 52.5 Å². The number of esters is 1. The highest BCUT2D eigenvalue weighted by molar-refractivity contribution is 5.85. The van der Waals surface area contributed by atoms with Crippen molar-refractivity contribution in [3.63, 3.8) is 0 Å². The molecule has 0 aromatic heterocycles. The first-order valence-corrected chi connectivity index (χ1v) is 8.16. The Labute approximate surface area is 145 Å². The quantitative estimate of drug-likeness (QED) is 0.784. The van der Waals surface area contributed by atoms with Crippen molar-refractivity contribution in [1.82, 2.24) is 4.90 Å². The smallest absolute Gasteiger partial charge is 0.328 e. The summed E-state index contributed by atoms with van der Waals surface area (Å²) in [6.07, 6.45) is 2.84. The molecule has 2 rings (SSSR count). The summed E-state index contributed by atoms with van der Waals surface area (Å²) in [7, 11) is 2.98. The van der Waals surface area contributed by atoms with Crippen molar-refractivity contribution in [1.29, 1.82) is 0 Å². The molecule has 1 fully saturated rings. The van der Waals surface area contributed by atoms with Gasteiger partial charge in [0.15, 0.2) is 0 Å². The number of ether oxygens (including phenoxy) is 2. The molecular formula is C19H31NO4. The summed E-state index contributed by atoms with van der Waals surface area (Å²) in [6.45, 7) is 4.42. The van der Waals surface area contributed by atoms with E-state index in [2.05, 4.69) is 0 Å². The zero-order valence-corrected chi connectivity index (χ0v) is 14.5. The van der Waals surface area contributed by atoms with E-state index in [-0.39, 0.29) is 19.3 Å². The fraction of sp³-hybridized carbons (Fsp3) is 0.579. The molecule has 0 spiro atoms. The first-order valence-electron chi connectivity index (χ1n) is 8.16. The van der Waals surface area contributed by atoms with E-state index in [1.54, 1.807) is 12.0 Å². The fourth-order valence-electron chi connectivity index (χ4n) is 2.59. The minimum atomic E-state index is -0.480. The van der Waals surface area contributed by atoms with Crippen LogP contribution in [-0.2, 0) is 20.9 Å². The summed E-state index contributed by atoms with van der Waals surface area (Å²) in [4.78, 5) is 25.8. The molecule has 1 aromatic carbocycles. The molecule has 5 heteroatoms. The largest absolute Gasteiger partial charge is 0.497 e. The highest BCUT2D eigenvalue weighted by Crippen LogP contribution is 2.22. The minimum Gasteiger partial charge on any atom is -0.497 e. The molecule has 1 aromatic rings. The Balaban J connectivity index is 0.00000170. The highest BCUT2D eigenvalue weighted by atomic mass is 16.5. The molecule has 0 N–H and O–H groups in total. The summed E-state index contributed by atoms with van der Waals surface area (Å²) >= 11 is 0. The summed E-state index contributed by atoms with van der Waals surface area (Å²) in [5.41, 5.74) is 0.972. The number of likely N-dealkylation sites (tertiary alicyclic amines) is 1. The number of hydrogen-bond donors (Lipinski definition) is 0. The van der Waals surface area contributed by atoms with Crippen molar-refractivity contribution in [3.8, 4) is 5.75 Å². The fourth-order valence-corrected chi connectivity index (χ4v) is 2.59. The number of nitrogens with zero attached hydrogens (tertiary/aromatic N) is 1. The van der Waals surface area contributed by atoms with E-state index in [0.29, 0.717) is 19.4 Å². The Hall–Kier alpha value is -2.04. The Morgan fingerprint density at radius 1 is 1.17 bits per heavy atom. The second kappa shape index (κ2) is 11.5. The first kappa shape index (κ1) is 22.0. The van der Waals surface area contributed by atoms with E-state index < -0.39 is 6.04 Å². The second-order valence-corrected chi connectivity index (χ2v) is 5.15. The van der Waals surface area contributed by atoms with Gasteiger partial charge in [0.25, 0.3) is 0 Å². The van der Waals surface area contributed by atoms with Crippen LogP contribution in [0.2, 0.25) is 0 Å². The van der Waals surface area contributed by atoms with E-state index in [0.717, 1.165) is 24.2 Å². The number of amides is 1. The van der Waals surface area contributed by atoms with E-state index in [4.69, 9.17) is 9.47 Å². The first-order chi connectivity index (χ1) is 11.2. The lowest BCUT2D eigenvalue weighted by Gasteiger charge is -2.28. The van der Waals surface area contributed by atoms with Gasteiger partial charge < -0.3 is 14.4 Å². The number of methoxy groups -OCH3 is 2. The van der Waals surface area contributed by atoms with Gasteiger partial charge in [-0.05, 0) is 30.5 Å². The van der Waals surface area contributed by atoms with Crippen LogP contribution in [0.5, 0.6) is 5.75 Å². The molecule has 0 saturated carbocycles. The number of hydrogen-bond acceptors (Lipinski definition) is 4. The Bertz CT molecular complexity index is 499. The lowest BCUT2D eigenvalue weighted by Crippen LogP contribution is -2.43. The maximum Gasteiger partial charge on any atom is 0.328 e. The Morgan fingerprint density at radius 2 is 1.79 bits per heavy atom. The number of rotatable bonds is 4. The lowest BCUT2D eigenvalue weighted by atomic mass is 10.1. The van der Waals surface area contributed by atoms with E-state index in [9.17, 15) is 9.59 Å². The third-order valence-electron chi connectivity index (χ3n) is 3.80. The minimum absolute atomic E-state index is 0. The van der Waals surface area contributed by atoms with Gasteiger partial charge in [0.05, 0.1) is 14.2 Å². The monoisotopic (exact) mass is 337 g/mol. The van der Waals surface area contributed by atoms with Crippen molar-refractivity contribution in [2.75, 3.05) is 14.2 Å². The van der Waals surface area contributed by atoms with Gasteiger partial charge >= 0.3 is 5.97 Å². The van der Waals surface area contributed by atoms with Crippen molar-refractivity contribution >= 4 is 11.9 Å². The van der Waals surface area contributed by atoms with E-state index >= 15 is 0 Å². The van der Waals surface area contributed by atoms with Crippen LogP contribution in [0.25, 0.3) is 0 Å².